The summed E-state index contributed by atoms with van der Waals surface area (Å²) in [6.07, 6.45) is 5.00. The van der Waals surface area contributed by atoms with Crippen LogP contribution in [-0.4, -0.2) is 29.6 Å². The summed E-state index contributed by atoms with van der Waals surface area (Å²) in [5.74, 6) is 0.511. The molecule has 0 spiro atoms. The summed E-state index contributed by atoms with van der Waals surface area (Å²) in [5.41, 5.74) is 0. The third-order valence-electron chi connectivity index (χ3n) is 4.21. The molecule has 0 bridgehead atoms. The van der Waals surface area contributed by atoms with Crippen LogP contribution in [0.4, 0.5) is 4.39 Å². The van der Waals surface area contributed by atoms with Crippen LogP contribution in [0.15, 0.2) is 42.6 Å². The van der Waals surface area contributed by atoms with Crippen LogP contribution in [-0.2, 0) is 4.79 Å². The second-order valence-electron chi connectivity index (χ2n) is 6.22. The number of amides is 1. The summed E-state index contributed by atoms with van der Waals surface area (Å²) in [6.45, 7) is -0.0866. The van der Waals surface area contributed by atoms with Gasteiger partial charge in [-0.15, -0.1) is 0 Å². The van der Waals surface area contributed by atoms with Gasteiger partial charge in [-0.3, -0.25) is 4.79 Å². The molecule has 1 amide bonds. The molecule has 1 heterocycles. The van der Waals surface area contributed by atoms with Crippen LogP contribution in [0.1, 0.15) is 25.7 Å². The lowest BCUT2D eigenvalue weighted by molar-refractivity contribution is -0.124. The van der Waals surface area contributed by atoms with Crippen molar-refractivity contribution in [2.24, 2.45) is 0 Å². The van der Waals surface area contributed by atoms with Crippen molar-refractivity contribution in [1.29, 1.82) is 0 Å². The van der Waals surface area contributed by atoms with E-state index in [1.165, 1.54) is 24.3 Å². The minimum atomic E-state index is -0.338. The van der Waals surface area contributed by atoms with Gasteiger partial charge in [0.1, 0.15) is 17.7 Å². The Bertz CT molecular complexity index is 717. The van der Waals surface area contributed by atoms with Gasteiger partial charge in [0, 0.05) is 18.3 Å². The minimum Gasteiger partial charge on any atom is -0.484 e. The highest BCUT2D eigenvalue weighted by Crippen LogP contribution is 2.23. The maximum atomic E-state index is 12.8. The van der Waals surface area contributed by atoms with E-state index in [2.05, 4.69) is 10.3 Å². The highest BCUT2D eigenvalue weighted by Gasteiger charge is 2.24. The third kappa shape index (κ3) is 5.59. The molecule has 1 aromatic carbocycles. The molecule has 0 unspecified atom stereocenters. The zero-order chi connectivity index (χ0) is 18.4. The van der Waals surface area contributed by atoms with E-state index in [-0.39, 0.29) is 30.5 Å². The van der Waals surface area contributed by atoms with Crippen molar-refractivity contribution < 1.29 is 18.7 Å². The Balaban J connectivity index is 1.37. The largest absolute Gasteiger partial charge is 0.484 e. The Labute approximate surface area is 156 Å². The van der Waals surface area contributed by atoms with E-state index in [0.29, 0.717) is 16.7 Å². The quantitative estimate of drug-likeness (QED) is 0.831. The normalized spacial score (nSPS) is 19.6. The van der Waals surface area contributed by atoms with Crippen molar-refractivity contribution in [1.82, 2.24) is 10.3 Å². The van der Waals surface area contributed by atoms with Gasteiger partial charge in [0.25, 0.3) is 5.91 Å². The van der Waals surface area contributed by atoms with Crippen LogP contribution in [0.2, 0.25) is 5.02 Å². The van der Waals surface area contributed by atoms with Crippen LogP contribution < -0.4 is 14.8 Å². The first kappa shape index (κ1) is 18.5. The van der Waals surface area contributed by atoms with E-state index >= 15 is 0 Å². The van der Waals surface area contributed by atoms with Crippen molar-refractivity contribution in [2.75, 3.05) is 6.61 Å². The monoisotopic (exact) mass is 378 g/mol. The maximum Gasteiger partial charge on any atom is 0.258 e. The predicted molar refractivity (Wildman–Crippen MR) is 96.0 cm³/mol. The SMILES string of the molecule is O=C(COc1ccc(F)cc1)NC1CCC(Oc2ccc(Cl)cn2)CC1. The van der Waals surface area contributed by atoms with E-state index in [0.717, 1.165) is 25.7 Å². The van der Waals surface area contributed by atoms with Gasteiger partial charge in [-0.1, -0.05) is 11.6 Å². The number of pyridine rings is 1. The van der Waals surface area contributed by atoms with Crippen molar-refractivity contribution in [3.05, 3.63) is 53.4 Å². The van der Waals surface area contributed by atoms with E-state index in [1.54, 1.807) is 18.3 Å². The molecule has 1 aromatic heterocycles. The van der Waals surface area contributed by atoms with Crippen LogP contribution in [0.25, 0.3) is 0 Å². The molecule has 7 heteroatoms. The van der Waals surface area contributed by atoms with E-state index in [9.17, 15) is 9.18 Å². The molecule has 0 atom stereocenters. The first-order valence-electron chi connectivity index (χ1n) is 8.54. The van der Waals surface area contributed by atoms with E-state index in [4.69, 9.17) is 21.1 Å². The zero-order valence-electron chi connectivity index (χ0n) is 14.2. The second kappa shape index (κ2) is 8.85. The molecule has 1 fully saturated rings. The van der Waals surface area contributed by atoms with Crippen LogP contribution in [0, 0.1) is 5.82 Å². The first-order chi connectivity index (χ1) is 12.6. The predicted octanol–water partition coefficient (Wildman–Crippen LogP) is 3.76. The topological polar surface area (TPSA) is 60.5 Å². The molecule has 1 aliphatic rings. The fourth-order valence-corrected chi connectivity index (χ4v) is 2.99. The molecule has 1 N–H and O–H groups in total. The van der Waals surface area contributed by atoms with Crippen molar-refractivity contribution in [3.63, 3.8) is 0 Å². The molecule has 0 radical (unpaired) electrons. The molecule has 138 valence electrons. The summed E-state index contributed by atoms with van der Waals surface area (Å²) in [5, 5.41) is 3.54. The van der Waals surface area contributed by atoms with Crippen LogP contribution in [0.5, 0.6) is 11.6 Å². The van der Waals surface area contributed by atoms with Crippen molar-refractivity contribution in [3.8, 4) is 11.6 Å². The Kier molecular flexibility index (Phi) is 6.28. The van der Waals surface area contributed by atoms with Crippen molar-refractivity contribution in [2.45, 2.75) is 37.8 Å². The Morgan fingerprint density at radius 2 is 1.88 bits per heavy atom. The number of carbonyl (C=O) groups excluding carboxylic acids is 1. The van der Waals surface area contributed by atoms with Gasteiger partial charge in [0.15, 0.2) is 6.61 Å². The third-order valence-corrected chi connectivity index (χ3v) is 4.43. The lowest BCUT2D eigenvalue weighted by Crippen LogP contribution is -2.41. The van der Waals surface area contributed by atoms with Crippen LogP contribution in [0.3, 0.4) is 0 Å². The molecule has 0 aliphatic heterocycles. The Morgan fingerprint density at radius 1 is 1.15 bits per heavy atom. The fraction of sp³-hybridized carbons (Fsp3) is 0.368. The van der Waals surface area contributed by atoms with E-state index < -0.39 is 0 Å². The Hall–Kier alpha value is -2.34. The molecule has 1 aliphatic carbocycles. The van der Waals surface area contributed by atoms with Gasteiger partial charge in [0.05, 0.1) is 5.02 Å². The zero-order valence-corrected chi connectivity index (χ0v) is 14.9. The molecule has 2 aromatic rings. The Morgan fingerprint density at radius 3 is 2.54 bits per heavy atom. The highest BCUT2D eigenvalue weighted by molar-refractivity contribution is 6.30. The molecule has 26 heavy (non-hydrogen) atoms. The molecular weight excluding hydrogens is 359 g/mol. The smallest absolute Gasteiger partial charge is 0.258 e. The number of ether oxygens (including phenoxy) is 2. The number of carbonyl (C=O) groups is 1. The molecule has 0 saturated heterocycles. The molecule has 3 rings (SSSR count). The summed E-state index contributed by atoms with van der Waals surface area (Å²) in [7, 11) is 0. The van der Waals surface area contributed by atoms with Gasteiger partial charge < -0.3 is 14.8 Å². The summed E-state index contributed by atoms with van der Waals surface area (Å²) < 4.78 is 24.0. The number of halogens is 2. The van der Waals surface area contributed by atoms with Gasteiger partial charge in [-0.25, -0.2) is 9.37 Å². The van der Waals surface area contributed by atoms with E-state index in [1.807, 2.05) is 0 Å². The van der Waals surface area contributed by atoms with Crippen molar-refractivity contribution >= 4 is 17.5 Å². The van der Waals surface area contributed by atoms with Crippen LogP contribution >= 0.6 is 11.6 Å². The van der Waals surface area contributed by atoms with Gasteiger partial charge in [-0.2, -0.15) is 0 Å². The fourth-order valence-electron chi connectivity index (χ4n) is 2.88. The molecule has 1 saturated carbocycles. The van der Waals surface area contributed by atoms with Gasteiger partial charge >= 0.3 is 0 Å². The summed E-state index contributed by atoms with van der Waals surface area (Å²) in [6, 6.07) is 9.19. The summed E-state index contributed by atoms with van der Waals surface area (Å²) >= 11 is 5.81. The number of benzene rings is 1. The average molecular weight is 379 g/mol. The van der Waals surface area contributed by atoms with Gasteiger partial charge in [0.2, 0.25) is 5.88 Å². The number of aromatic nitrogens is 1. The number of hydrogen-bond acceptors (Lipinski definition) is 4. The molecule has 5 nitrogen and oxygen atoms in total. The number of rotatable bonds is 6. The lowest BCUT2D eigenvalue weighted by atomic mass is 9.93. The number of nitrogens with zero attached hydrogens (tertiary/aromatic N) is 1. The highest BCUT2D eigenvalue weighted by atomic mass is 35.5. The van der Waals surface area contributed by atoms with Gasteiger partial charge in [-0.05, 0) is 56.0 Å². The second-order valence-corrected chi connectivity index (χ2v) is 6.65. The minimum absolute atomic E-state index is 0.0866. The standard InChI is InChI=1S/C19H20ClFN2O3/c20-13-1-10-19(22-11-13)26-17-8-4-15(5-9-17)23-18(24)12-25-16-6-2-14(21)3-7-16/h1-3,6-7,10-11,15,17H,4-5,8-9,12H2,(H,23,24). The number of nitrogens with one attached hydrogen (secondary N) is 1. The molecular formula is C19H20ClFN2O3. The average Bonchev–Trinajstić information content (AvgIpc) is 2.65. The summed E-state index contributed by atoms with van der Waals surface area (Å²) in [4.78, 5) is 16.1. The maximum absolute atomic E-state index is 12.8. The number of hydrogen-bond donors (Lipinski definition) is 1. The first-order valence-corrected chi connectivity index (χ1v) is 8.92. The lowest BCUT2D eigenvalue weighted by Gasteiger charge is -2.29.